The largest absolute Gasteiger partial charge is 0.329 e. The normalized spacial score (nSPS) is 34.4. The molecule has 4 rings (SSSR count). The SMILES string of the molecule is CN1CC(CN2C(=O)C3CC(S(=O)(=O)NC4(C)CC4)CCC3N(CCN)C2=O)CN1. The van der Waals surface area contributed by atoms with Crippen molar-refractivity contribution < 1.29 is 18.0 Å². The van der Waals surface area contributed by atoms with Gasteiger partial charge in [-0.3, -0.25) is 15.1 Å². The Morgan fingerprint density at radius 2 is 2.00 bits per heavy atom. The molecule has 4 atom stereocenters. The molecule has 4 unspecified atom stereocenters. The van der Waals surface area contributed by atoms with E-state index in [0.717, 1.165) is 19.4 Å². The minimum atomic E-state index is -3.51. The minimum absolute atomic E-state index is 0.152. The Labute approximate surface area is 178 Å². The summed E-state index contributed by atoms with van der Waals surface area (Å²) >= 11 is 0. The number of rotatable bonds is 7. The van der Waals surface area contributed by atoms with Crippen molar-refractivity contribution in [1.29, 1.82) is 0 Å². The highest BCUT2D eigenvalue weighted by Crippen LogP contribution is 2.40. The third-order valence-electron chi connectivity index (χ3n) is 7.05. The molecule has 4 fully saturated rings. The van der Waals surface area contributed by atoms with E-state index in [0.29, 0.717) is 39.0 Å². The van der Waals surface area contributed by atoms with Crippen LogP contribution in [0.1, 0.15) is 39.0 Å². The van der Waals surface area contributed by atoms with E-state index in [2.05, 4.69) is 10.1 Å². The van der Waals surface area contributed by atoms with Crippen LogP contribution in [0.4, 0.5) is 4.79 Å². The summed E-state index contributed by atoms with van der Waals surface area (Å²) in [6.45, 7) is 4.40. The van der Waals surface area contributed by atoms with Crippen LogP contribution in [0.3, 0.4) is 0 Å². The number of hydrazine groups is 1. The fraction of sp³-hybridized carbons (Fsp3) is 0.895. The zero-order chi connectivity index (χ0) is 21.7. The van der Waals surface area contributed by atoms with Gasteiger partial charge in [0.15, 0.2) is 0 Å². The molecular formula is C19H34N6O4S. The van der Waals surface area contributed by atoms with Gasteiger partial charge in [0, 0.05) is 57.3 Å². The predicted molar refractivity (Wildman–Crippen MR) is 112 cm³/mol. The molecular weight excluding hydrogens is 408 g/mol. The first-order chi connectivity index (χ1) is 14.1. The fourth-order valence-electron chi connectivity index (χ4n) is 5.09. The third kappa shape index (κ3) is 4.22. The third-order valence-corrected chi connectivity index (χ3v) is 9.13. The van der Waals surface area contributed by atoms with E-state index in [1.807, 2.05) is 19.0 Å². The minimum Gasteiger partial charge on any atom is -0.329 e. The van der Waals surface area contributed by atoms with Gasteiger partial charge in [0.2, 0.25) is 15.9 Å². The maximum Gasteiger partial charge on any atom is 0.327 e. The van der Waals surface area contributed by atoms with Crippen molar-refractivity contribution in [2.24, 2.45) is 17.6 Å². The van der Waals surface area contributed by atoms with E-state index in [1.54, 1.807) is 4.90 Å². The monoisotopic (exact) mass is 442 g/mol. The summed E-state index contributed by atoms with van der Waals surface area (Å²) in [5.41, 5.74) is 8.63. The Morgan fingerprint density at radius 3 is 2.60 bits per heavy atom. The maximum absolute atomic E-state index is 13.4. The molecule has 10 nitrogen and oxygen atoms in total. The first kappa shape index (κ1) is 21.9. The van der Waals surface area contributed by atoms with Gasteiger partial charge in [0.05, 0.1) is 11.2 Å². The van der Waals surface area contributed by atoms with Gasteiger partial charge in [-0.1, -0.05) is 0 Å². The lowest BCUT2D eigenvalue weighted by Crippen LogP contribution is -2.65. The molecule has 2 aliphatic heterocycles. The van der Waals surface area contributed by atoms with E-state index < -0.39 is 21.2 Å². The fourth-order valence-corrected chi connectivity index (χ4v) is 7.06. The number of urea groups is 1. The average Bonchev–Trinajstić information content (AvgIpc) is 3.26. The highest BCUT2D eigenvalue weighted by atomic mass is 32.2. The van der Waals surface area contributed by atoms with Gasteiger partial charge in [-0.15, -0.1) is 0 Å². The topological polar surface area (TPSA) is 128 Å². The molecule has 0 spiro atoms. The summed E-state index contributed by atoms with van der Waals surface area (Å²) in [5.74, 6) is -0.576. The van der Waals surface area contributed by atoms with Gasteiger partial charge >= 0.3 is 6.03 Å². The Bertz CT molecular complexity index is 801. The number of hydrogen-bond acceptors (Lipinski definition) is 7. The molecule has 0 bridgehead atoms. The number of nitrogens with one attached hydrogen (secondary N) is 2. The summed E-state index contributed by atoms with van der Waals surface area (Å²) in [5, 5.41) is 1.35. The van der Waals surface area contributed by atoms with E-state index in [-0.39, 0.29) is 35.9 Å². The van der Waals surface area contributed by atoms with Crippen molar-refractivity contribution in [1.82, 2.24) is 25.0 Å². The summed E-state index contributed by atoms with van der Waals surface area (Å²) in [7, 11) is -1.58. The van der Waals surface area contributed by atoms with Crippen LogP contribution in [0.25, 0.3) is 0 Å². The number of hydrogen-bond donors (Lipinski definition) is 3. The second-order valence-corrected chi connectivity index (χ2v) is 11.6. The molecule has 2 heterocycles. The number of nitrogens with two attached hydrogens (primary N) is 1. The number of imide groups is 1. The second kappa shape index (κ2) is 8.01. The van der Waals surface area contributed by atoms with Crippen LogP contribution in [0, 0.1) is 11.8 Å². The number of carbonyl (C=O) groups excluding carboxylic acids is 2. The van der Waals surface area contributed by atoms with Crippen molar-refractivity contribution in [3.8, 4) is 0 Å². The quantitative estimate of drug-likeness (QED) is 0.475. The highest BCUT2D eigenvalue weighted by Gasteiger charge is 2.52. The molecule has 30 heavy (non-hydrogen) atoms. The Morgan fingerprint density at radius 1 is 1.27 bits per heavy atom. The summed E-state index contributed by atoms with van der Waals surface area (Å²) in [6.07, 6.45) is 2.90. The first-order valence-corrected chi connectivity index (χ1v) is 12.5. The number of fused-ring (bicyclic) bond motifs is 1. The van der Waals surface area contributed by atoms with Crippen molar-refractivity contribution in [3.05, 3.63) is 0 Å². The molecule has 0 radical (unpaired) electrons. The van der Waals surface area contributed by atoms with E-state index in [4.69, 9.17) is 5.73 Å². The molecule has 11 heteroatoms. The second-order valence-electron chi connectivity index (χ2n) is 9.64. The summed E-state index contributed by atoms with van der Waals surface area (Å²) < 4.78 is 28.7. The smallest absolute Gasteiger partial charge is 0.327 e. The molecule has 4 N–H and O–H groups in total. The van der Waals surface area contributed by atoms with Crippen LogP contribution >= 0.6 is 0 Å². The predicted octanol–water partition coefficient (Wildman–Crippen LogP) is -0.715. The van der Waals surface area contributed by atoms with Gasteiger partial charge in [-0.2, -0.15) is 0 Å². The lowest BCUT2D eigenvalue weighted by atomic mass is 9.80. The van der Waals surface area contributed by atoms with Gasteiger partial charge in [-0.05, 0) is 39.0 Å². The van der Waals surface area contributed by atoms with E-state index in [1.165, 1.54) is 4.90 Å². The van der Waals surface area contributed by atoms with Crippen LogP contribution in [-0.4, -0.2) is 91.8 Å². The standard InChI is InChI=1S/C19H34N6O4S/c1-19(5-6-19)22-30(28,29)14-3-4-16-15(9-14)17(26)25(18(27)24(16)8-7-20)12-13-10-21-23(2)11-13/h13-16,21-22H,3-12,20H2,1-2H3. The van der Waals surface area contributed by atoms with Crippen molar-refractivity contribution in [2.45, 2.75) is 55.9 Å². The lowest BCUT2D eigenvalue weighted by Gasteiger charge is -2.48. The number of nitrogens with zero attached hydrogens (tertiary/aromatic N) is 3. The molecule has 170 valence electrons. The van der Waals surface area contributed by atoms with E-state index >= 15 is 0 Å². The van der Waals surface area contributed by atoms with Crippen LogP contribution < -0.4 is 15.9 Å². The molecule has 0 aromatic heterocycles. The zero-order valence-electron chi connectivity index (χ0n) is 17.8. The number of sulfonamides is 1. The zero-order valence-corrected chi connectivity index (χ0v) is 18.7. The lowest BCUT2D eigenvalue weighted by molar-refractivity contribution is -0.140. The summed E-state index contributed by atoms with van der Waals surface area (Å²) in [4.78, 5) is 29.5. The number of carbonyl (C=O) groups is 2. The average molecular weight is 443 g/mol. The maximum atomic E-state index is 13.4. The van der Waals surface area contributed by atoms with Crippen LogP contribution in [0.2, 0.25) is 0 Å². The molecule has 3 amide bonds. The van der Waals surface area contributed by atoms with E-state index in [9.17, 15) is 18.0 Å². The molecule has 2 saturated carbocycles. The van der Waals surface area contributed by atoms with Crippen LogP contribution in [-0.2, 0) is 14.8 Å². The first-order valence-electron chi connectivity index (χ1n) is 10.9. The van der Waals surface area contributed by atoms with Gasteiger partial charge in [-0.25, -0.2) is 22.9 Å². The van der Waals surface area contributed by atoms with Crippen molar-refractivity contribution >= 4 is 22.0 Å². The van der Waals surface area contributed by atoms with Gasteiger partial charge in [0.1, 0.15) is 0 Å². The van der Waals surface area contributed by atoms with Gasteiger partial charge in [0.25, 0.3) is 0 Å². The Kier molecular flexibility index (Phi) is 5.86. The Balaban J connectivity index is 1.52. The molecule has 0 aromatic carbocycles. The van der Waals surface area contributed by atoms with Crippen LogP contribution in [0.5, 0.6) is 0 Å². The molecule has 0 aromatic rings. The van der Waals surface area contributed by atoms with Crippen molar-refractivity contribution in [3.63, 3.8) is 0 Å². The summed E-state index contributed by atoms with van der Waals surface area (Å²) in [6, 6.07) is -0.552. The Hall–Kier alpha value is -1.27. The van der Waals surface area contributed by atoms with Crippen LogP contribution in [0.15, 0.2) is 0 Å². The number of amides is 3. The van der Waals surface area contributed by atoms with Gasteiger partial charge < -0.3 is 10.6 Å². The molecule has 2 saturated heterocycles. The highest BCUT2D eigenvalue weighted by molar-refractivity contribution is 7.90. The molecule has 4 aliphatic rings. The van der Waals surface area contributed by atoms with Crippen molar-refractivity contribution in [2.75, 3.05) is 39.8 Å². The molecule has 2 aliphatic carbocycles.